The number of carbonyl (C=O) groups excluding carboxylic acids is 1. The van der Waals surface area contributed by atoms with Crippen molar-refractivity contribution in [1.82, 2.24) is 4.90 Å². The number of hydrogen-bond acceptors (Lipinski definition) is 2. The minimum Gasteiger partial charge on any atom is -0.481 e. The van der Waals surface area contributed by atoms with Crippen molar-refractivity contribution in [1.29, 1.82) is 0 Å². The Morgan fingerprint density at radius 3 is 2.10 bits per heavy atom. The largest absolute Gasteiger partial charge is 0.481 e. The first-order valence-electron chi connectivity index (χ1n) is 6.87. The van der Waals surface area contributed by atoms with Gasteiger partial charge in [0.25, 0.3) is 5.91 Å². The maximum atomic E-state index is 12.3. The van der Waals surface area contributed by atoms with Crippen LogP contribution >= 0.6 is 0 Å². The molecule has 0 saturated heterocycles. The highest BCUT2D eigenvalue weighted by Gasteiger charge is 2.17. The van der Waals surface area contributed by atoms with Crippen LogP contribution in [0, 0.1) is 0 Å². The maximum Gasteiger partial charge on any atom is 0.305 e. The van der Waals surface area contributed by atoms with Gasteiger partial charge in [-0.25, -0.2) is 0 Å². The Morgan fingerprint density at radius 1 is 1.15 bits per heavy atom. The summed E-state index contributed by atoms with van der Waals surface area (Å²) >= 11 is 0. The van der Waals surface area contributed by atoms with E-state index in [-0.39, 0.29) is 24.3 Å². The summed E-state index contributed by atoms with van der Waals surface area (Å²) in [7, 11) is 0. The molecule has 110 valence electrons. The number of carboxylic acid groups (broad SMARTS) is 1. The molecule has 0 aliphatic rings. The van der Waals surface area contributed by atoms with Crippen LogP contribution in [0.15, 0.2) is 24.3 Å². The number of hydrogen-bond donors (Lipinski definition) is 1. The Kier molecular flexibility index (Phi) is 5.31. The molecular weight excluding hydrogens is 254 g/mol. The first-order chi connectivity index (χ1) is 9.25. The molecule has 4 heteroatoms. The van der Waals surface area contributed by atoms with Gasteiger partial charge in [0.2, 0.25) is 0 Å². The van der Waals surface area contributed by atoms with E-state index in [4.69, 9.17) is 5.11 Å². The number of benzene rings is 1. The van der Waals surface area contributed by atoms with Gasteiger partial charge in [-0.1, -0.05) is 32.9 Å². The van der Waals surface area contributed by atoms with Crippen molar-refractivity contribution >= 4 is 11.9 Å². The van der Waals surface area contributed by atoms with Crippen LogP contribution in [-0.4, -0.2) is 35.0 Å². The molecule has 1 amide bonds. The van der Waals surface area contributed by atoms with E-state index >= 15 is 0 Å². The van der Waals surface area contributed by atoms with E-state index in [0.29, 0.717) is 12.1 Å². The fourth-order valence-electron chi connectivity index (χ4n) is 1.93. The highest BCUT2D eigenvalue weighted by Crippen LogP contribution is 2.22. The van der Waals surface area contributed by atoms with Gasteiger partial charge in [0, 0.05) is 18.7 Å². The zero-order valence-electron chi connectivity index (χ0n) is 12.6. The van der Waals surface area contributed by atoms with Crippen LogP contribution in [0.4, 0.5) is 0 Å². The molecule has 1 rings (SSSR count). The van der Waals surface area contributed by atoms with Crippen LogP contribution in [0.25, 0.3) is 0 Å². The second kappa shape index (κ2) is 6.55. The molecule has 0 saturated carbocycles. The third-order valence-electron chi connectivity index (χ3n) is 3.26. The lowest BCUT2D eigenvalue weighted by molar-refractivity contribution is -0.137. The second-order valence-electron chi connectivity index (χ2n) is 5.86. The van der Waals surface area contributed by atoms with Crippen molar-refractivity contribution < 1.29 is 14.7 Å². The highest BCUT2D eigenvalue weighted by molar-refractivity contribution is 5.94. The minimum atomic E-state index is -0.890. The lowest BCUT2D eigenvalue weighted by Gasteiger charge is -2.22. The van der Waals surface area contributed by atoms with Crippen molar-refractivity contribution in [2.75, 3.05) is 13.1 Å². The zero-order chi connectivity index (χ0) is 15.3. The Morgan fingerprint density at radius 2 is 1.70 bits per heavy atom. The van der Waals surface area contributed by atoms with E-state index < -0.39 is 5.97 Å². The van der Waals surface area contributed by atoms with Crippen molar-refractivity contribution in [2.24, 2.45) is 0 Å². The maximum absolute atomic E-state index is 12.3. The van der Waals surface area contributed by atoms with Crippen LogP contribution in [0.2, 0.25) is 0 Å². The predicted octanol–water partition coefficient (Wildman–Crippen LogP) is 2.92. The Hall–Kier alpha value is -1.84. The normalized spacial score (nSPS) is 11.2. The molecule has 0 aromatic heterocycles. The molecule has 0 aliphatic heterocycles. The fourth-order valence-corrected chi connectivity index (χ4v) is 1.93. The molecule has 1 aromatic carbocycles. The van der Waals surface area contributed by atoms with Gasteiger partial charge in [0.1, 0.15) is 0 Å². The number of rotatable bonds is 5. The molecule has 1 aromatic rings. The lowest BCUT2D eigenvalue weighted by atomic mass is 9.86. The summed E-state index contributed by atoms with van der Waals surface area (Å²) in [6.45, 7) is 8.96. The van der Waals surface area contributed by atoms with Gasteiger partial charge in [-0.15, -0.1) is 0 Å². The van der Waals surface area contributed by atoms with E-state index in [1.54, 1.807) is 4.90 Å². The lowest BCUT2D eigenvalue weighted by Crippen LogP contribution is -2.32. The van der Waals surface area contributed by atoms with Gasteiger partial charge in [-0.05, 0) is 30.0 Å². The predicted molar refractivity (Wildman–Crippen MR) is 79.0 cm³/mol. The van der Waals surface area contributed by atoms with Gasteiger partial charge in [0.05, 0.1) is 6.42 Å². The van der Waals surface area contributed by atoms with Crippen LogP contribution in [0.3, 0.4) is 0 Å². The van der Waals surface area contributed by atoms with Crippen molar-refractivity contribution in [3.8, 4) is 0 Å². The first kappa shape index (κ1) is 16.2. The summed E-state index contributed by atoms with van der Waals surface area (Å²) in [4.78, 5) is 24.4. The monoisotopic (exact) mass is 277 g/mol. The number of nitrogens with zero attached hydrogens (tertiary/aromatic N) is 1. The topological polar surface area (TPSA) is 57.6 Å². The van der Waals surface area contributed by atoms with E-state index in [2.05, 4.69) is 20.8 Å². The third kappa shape index (κ3) is 4.37. The van der Waals surface area contributed by atoms with Crippen molar-refractivity contribution in [2.45, 2.75) is 39.5 Å². The number of aliphatic carboxylic acids is 1. The quantitative estimate of drug-likeness (QED) is 0.900. The van der Waals surface area contributed by atoms with Gasteiger partial charge in [-0.3, -0.25) is 9.59 Å². The fraction of sp³-hybridized carbons (Fsp3) is 0.500. The van der Waals surface area contributed by atoms with Crippen molar-refractivity contribution in [3.05, 3.63) is 35.4 Å². The van der Waals surface area contributed by atoms with Crippen LogP contribution in [0.5, 0.6) is 0 Å². The van der Waals surface area contributed by atoms with E-state index in [0.717, 1.165) is 0 Å². The smallest absolute Gasteiger partial charge is 0.305 e. The van der Waals surface area contributed by atoms with Gasteiger partial charge < -0.3 is 10.0 Å². The van der Waals surface area contributed by atoms with Crippen molar-refractivity contribution in [3.63, 3.8) is 0 Å². The standard InChI is InChI=1S/C16H23NO3/c1-5-17(11-10-14(18)19)15(20)12-6-8-13(9-7-12)16(2,3)4/h6-9H,5,10-11H2,1-4H3,(H,18,19). The number of carboxylic acids is 1. The van der Waals surface area contributed by atoms with Gasteiger partial charge in [0.15, 0.2) is 0 Å². The van der Waals surface area contributed by atoms with Gasteiger partial charge in [-0.2, -0.15) is 0 Å². The molecule has 0 unspecified atom stereocenters. The Bertz CT molecular complexity index is 471. The van der Waals surface area contributed by atoms with Crippen LogP contribution < -0.4 is 0 Å². The summed E-state index contributed by atoms with van der Waals surface area (Å²) < 4.78 is 0. The molecule has 0 aliphatic carbocycles. The Labute approximate surface area is 120 Å². The number of amides is 1. The summed E-state index contributed by atoms with van der Waals surface area (Å²) in [5.41, 5.74) is 1.82. The summed E-state index contributed by atoms with van der Waals surface area (Å²) in [6.07, 6.45) is -0.0281. The third-order valence-corrected chi connectivity index (χ3v) is 3.26. The van der Waals surface area contributed by atoms with E-state index in [9.17, 15) is 9.59 Å². The van der Waals surface area contributed by atoms with Gasteiger partial charge >= 0.3 is 5.97 Å². The van der Waals surface area contributed by atoms with E-state index in [1.165, 1.54) is 5.56 Å². The van der Waals surface area contributed by atoms with Crippen LogP contribution in [0.1, 0.15) is 50.0 Å². The summed E-state index contributed by atoms with van der Waals surface area (Å²) in [5.74, 6) is -1.01. The molecular formula is C16H23NO3. The number of carbonyl (C=O) groups is 2. The molecule has 1 N–H and O–H groups in total. The highest BCUT2D eigenvalue weighted by atomic mass is 16.4. The molecule has 0 spiro atoms. The molecule has 0 heterocycles. The second-order valence-corrected chi connectivity index (χ2v) is 5.86. The zero-order valence-corrected chi connectivity index (χ0v) is 12.6. The molecule has 20 heavy (non-hydrogen) atoms. The summed E-state index contributed by atoms with van der Waals surface area (Å²) in [5, 5.41) is 8.70. The van der Waals surface area contributed by atoms with Crippen LogP contribution in [-0.2, 0) is 10.2 Å². The molecule has 0 fully saturated rings. The molecule has 0 atom stereocenters. The Balaban J connectivity index is 2.82. The molecule has 0 radical (unpaired) electrons. The summed E-state index contributed by atoms with van der Waals surface area (Å²) in [6, 6.07) is 7.54. The first-order valence-corrected chi connectivity index (χ1v) is 6.87. The average molecular weight is 277 g/mol. The minimum absolute atomic E-state index is 0.0281. The van der Waals surface area contributed by atoms with E-state index in [1.807, 2.05) is 31.2 Å². The average Bonchev–Trinajstić information content (AvgIpc) is 2.38. The molecule has 4 nitrogen and oxygen atoms in total. The SMILES string of the molecule is CCN(CCC(=O)O)C(=O)c1ccc(C(C)(C)C)cc1. The molecule has 0 bridgehead atoms.